The van der Waals surface area contributed by atoms with Gasteiger partial charge in [0.25, 0.3) is 5.91 Å². The van der Waals surface area contributed by atoms with Crippen molar-refractivity contribution in [3.63, 3.8) is 0 Å². The summed E-state index contributed by atoms with van der Waals surface area (Å²) < 4.78 is 37.6. The van der Waals surface area contributed by atoms with Crippen molar-refractivity contribution in [3.8, 4) is 0 Å². The Labute approximate surface area is 161 Å². The Kier molecular flexibility index (Phi) is 5.18. The first-order valence-electron chi connectivity index (χ1n) is 8.55. The van der Waals surface area contributed by atoms with Crippen LogP contribution in [0.4, 0.5) is 13.2 Å². The summed E-state index contributed by atoms with van der Waals surface area (Å²) in [5.74, 6) is -0.676. The van der Waals surface area contributed by atoms with E-state index in [0.29, 0.717) is 36.4 Å². The van der Waals surface area contributed by atoms with Crippen molar-refractivity contribution in [1.82, 2.24) is 15.5 Å². The topological polar surface area (TPSA) is 44.4 Å². The van der Waals surface area contributed by atoms with Crippen LogP contribution in [0.5, 0.6) is 0 Å². The van der Waals surface area contributed by atoms with E-state index in [4.69, 9.17) is 0 Å². The first kappa shape index (κ1) is 19.5. The molecule has 2 N–H and O–H groups in total. The first-order valence-corrected chi connectivity index (χ1v) is 8.55. The molecule has 1 amide bonds. The number of nitrogens with one attached hydrogen (secondary N) is 2. The number of hydrogen-bond acceptors (Lipinski definition) is 3. The molecule has 2 aromatic rings. The molecule has 4 nitrogen and oxygen atoms in total. The molecule has 1 unspecified atom stereocenters. The third-order valence-electron chi connectivity index (χ3n) is 4.89. The zero-order valence-corrected chi connectivity index (χ0v) is 15.4. The molecule has 0 aliphatic carbocycles. The zero-order chi connectivity index (χ0) is 20.5. The van der Waals surface area contributed by atoms with Crippen molar-refractivity contribution in [1.29, 1.82) is 0 Å². The molecule has 0 radical (unpaired) electrons. The van der Waals surface area contributed by atoms with Gasteiger partial charge >= 0.3 is 0 Å². The lowest BCUT2D eigenvalue weighted by molar-refractivity contribution is 0.0740. The predicted molar refractivity (Wildman–Crippen MR) is 101 cm³/mol. The standard InChI is InChI=1S/C20H17F2N3O.CH3F/c1-12-20(24-13(2)23-12,17-5-3-4-6-18(17)22)11-25-10-14-7-8-15(21)9-16(14)19(25)26;1-2/h3-9,23-24H,1-2,10-11H2;1H3. The van der Waals surface area contributed by atoms with Gasteiger partial charge in [0.05, 0.1) is 19.5 Å². The molecule has 0 bridgehead atoms. The van der Waals surface area contributed by atoms with E-state index in [2.05, 4.69) is 23.8 Å². The number of carbonyl (C=O) groups excluding carboxylic acids is 1. The monoisotopic (exact) mass is 387 g/mol. The molecular formula is C21H20F3N3O. The number of nitrogens with zero attached hydrogens (tertiary/aromatic N) is 1. The zero-order valence-electron chi connectivity index (χ0n) is 15.4. The van der Waals surface area contributed by atoms with Gasteiger partial charge in [0.2, 0.25) is 0 Å². The van der Waals surface area contributed by atoms with Crippen molar-refractivity contribution in [2.75, 3.05) is 13.7 Å². The lowest BCUT2D eigenvalue weighted by atomic mass is 9.87. The molecule has 0 saturated carbocycles. The summed E-state index contributed by atoms with van der Waals surface area (Å²) in [4.78, 5) is 14.3. The van der Waals surface area contributed by atoms with Crippen LogP contribution < -0.4 is 10.6 Å². The number of hydrogen-bond donors (Lipinski definition) is 2. The smallest absolute Gasteiger partial charge is 0.254 e. The van der Waals surface area contributed by atoms with E-state index < -0.39 is 17.2 Å². The number of fused-ring (bicyclic) bond motifs is 1. The second-order valence-electron chi connectivity index (χ2n) is 6.55. The minimum atomic E-state index is -1.06. The summed E-state index contributed by atoms with van der Waals surface area (Å²) in [6.45, 7) is 8.31. The average molecular weight is 387 g/mol. The molecule has 2 aliphatic heterocycles. The lowest BCUT2D eigenvalue weighted by Crippen LogP contribution is -2.48. The Balaban J connectivity index is 0.00000109. The molecular weight excluding hydrogens is 367 g/mol. The highest BCUT2D eigenvalue weighted by Gasteiger charge is 2.46. The van der Waals surface area contributed by atoms with E-state index in [1.165, 1.54) is 18.2 Å². The third kappa shape index (κ3) is 3.13. The Bertz CT molecular complexity index is 960. The van der Waals surface area contributed by atoms with Crippen LogP contribution in [0.25, 0.3) is 0 Å². The van der Waals surface area contributed by atoms with Crippen molar-refractivity contribution in [3.05, 3.63) is 95.5 Å². The molecule has 1 saturated heterocycles. The van der Waals surface area contributed by atoms with E-state index in [9.17, 15) is 18.0 Å². The Morgan fingerprint density at radius 1 is 1.14 bits per heavy atom. The number of rotatable bonds is 3. The Morgan fingerprint density at radius 3 is 2.50 bits per heavy atom. The molecule has 7 heteroatoms. The molecule has 1 fully saturated rings. The van der Waals surface area contributed by atoms with Gasteiger partial charge < -0.3 is 15.5 Å². The van der Waals surface area contributed by atoms with Gasteiger partial charge in [0.15, 0.2) is 0 Å². The van der Waals surface area contributed by atoms with Crippen LogP contribution in [0, 0.1) is 11.6 Å². The number of benzene rings is 2. The van der Waals surface area contributed by atoms with Crippen LogP contribution in [-0.4, -0.2) is 24.5 Å². The van der Waals surface area contributed by atoms with Crippen LogP contribution in [0.3, 0.4) is 0 Å². The normalized spacial score (nSPS) is 20.3. The molecule has 2 aromatic carbocycles. The van der Waals surface area contributed by atoms with E-state index >= 15 is 0 Å². The molecule has 28 heavy (non-hydrogen) atoms. The van der Waals surface area contributed by atoms with Crippen LogP contribution in [0.1, 0.15) is 21.5 Å². The predicted octanol–water partition coefficient (Wildman–Crippen LogP) is 3.58. The summed E-state index contributed by atoms with van der Waals surface area (Å²) in [7, 11) is 0.500. The average Bonchev–Trinajstić information content (AvgIpc) is 3.14. The van der Waals surface area contributed by atoms with Gasteiger partial charge in [-0.05, 0) is 23.8 Å². The van der Waals surface area contributed by atoms with Crippen LogP contribution in [0.2, 0.25) is 0 Å². The fourth-order valence-corrected chi connectivity index (χ4v) is 3.66. The Hall–Kier alpha value is -3.22. The number of halogens is 3. The fraction of sp³-hybridized carbons (Fsp3) is 0.190. The van der Waals surface area contributed by atoms with Crippen LogP contribution in [-0.2, 0) is 12.1 Å². The van der Waals surface area contributed by atoms with E-state index in [1.807, 2.05) is 0 Å². The van der Waals surface area contributed by atoms with Crippen LogP contribution >= 0.6 is 0 Å². The third-order valence-corrected chi connectivity index (χ3v) is 4.89. The maximum Gasteiger partial charge on any atom is 0.254 e. The summed E-state index contributed by atoms with van der Waals surface area (Å²) in [5, 5.41) is 6.13. The highest BCUT2D eigenvalue weighted by molar-refractivity contribution is 5.98. The molecule has 2 aliphatic rings. The lowest BCUT2D eigenvalue weighted by Gasteiger charge is -2.34. The largest absolute Gasteiger partial charge is 0.356 e. The second-order valence-corrected chi connectivity index (χ2v) is 6.55. The first-order chi connectivity index (χ1) is 13.4. The number of amides is 1. The second kappa shape index (κ2) is 7.42. The van der Waals surface area contributed by atoms with Crippen molar-refractivity contribution in [2.24, 2.45) is 0 Å². The minimum absolute atomic E-state index is 0.133. The van der Waals surface area contributed by atoms with Gasteiger partial charge in [-0.15, -0.1) is 0 Å². The Morgan fingerprint density at radius 2 is 1.86 bits per heavy atom. The number of carbonyl (C=O) groups is 1. The highest BCUT2D eigenvalue weighted by Crippen LogP contribution is 2.37. The van der Waals surface area contributed by atoms with E-state index in [1.54, 1.807) is 29.2 Å². The molecule has 1 atom stereocenters. The summed E-state index contributed by atoms with van der Waals surface area (Å²) in [6, 6.07) is 10.5. The van der Waals surface area contributed by atoms with Gasteiger partial charge in [-0.2, -0.15) is 0 Å². The quantitative estimate of drug-likeness (QED) is 0.846. The SMILES string of the molecule is C=C1NC(=C)C(CN2Cc3ccc(F)cc3C2=O)(c2ccccc2F)N1.CF. The van der Waals surface area contributed by atoms with E-state index in [0.717, 1.165) is 5.56 Å². The summed E-state index contributed by atoms with van der Waals surface area (Å²) in [6.07, 6.45) is 0. The van der Waals surface area contributed by atoms with Gasteiger partial charge in [-0.3, -0.25) is 9.18 Å². The molecule has 146 valence electrons. The molecule has 0 aromatic heterocycles. The highest BCUT2D eigenvalue weighted by atomic mass is 19.1. The molecule has 4 rings (SSSR count). The summed E-state index contributed by atoms with van der Waals surface area (Å²) in [5.41, 5.74) is 0.895. The summed E-state index contributed by atoms with van der Waals surface area (Å²) >= 11 is 0. The van der Waals surface area contributed by atoms with Gasteiger partial charge in [-0.25, -0.2) is 8.78 Å². The molecule has 2 heterocycles. The minimum Gasteiger partial charge on any atom is -0.356 e. The van der Waals surface area contributed by atoms with Crippen molar-refractivity contribution < 1.29 is 18.0 Å². The molecule has 0 spiro atoms. The van der Waals surface area contributed by atoms with Gasteiger partial charge in [0, 0.05) is 23.4 Å². The van der Waals surface area contributed by atoms with Crippen molar-refractivity contribution in [2.45, 2.75) is 12.1 Å². The number of alkyl halides is 1. The van der Waals surface area contributed by atoms with E-state index in [-0.39, 0.29) is 12.5 Å². The van der Waals surface area contributed by atoms with Gasteiger partial charge in [-0.1, -0.05) is 37.4 Å². The maximum atomic E-state index is 14.6. The maximum absolute atomic E-state index is 14.6. The fourth-order valence-electron chi connectivity index (χ4n) is 3.66. The van der Waals surface area contributed by atoms with Crippen LogP contribution in [0.15, 0.2) is 67.1 Å². The van der Waals surface area contributed by atoms with Crippen molar-refractivity contribution >= 4 is 5.91 Å². The van der Waals surface area contributed by atoms with Gasteiger partial charge in [0.1, 0.15) is 17.2 Å².